The van der Waals surface area contributed by atoms with Gasteiger partial charge in [-0.25, -0.2) is 14.4 Å². The number of thiocarbonyl (C=S) groups is 1. The van der Waals surface area contributed by atoms with E-state index in [1.165, 1.54) is 24.5 Å². The van der Waals surface area contributed by atoms with Gasteiger partial charge in [0.05, 0.1) is 12.4 Å². The molecule has 0 atom stereocenters. The van der Waals surface area contributed by atoms with Crippen LogP contribution in [0.25, 0.3) is 0 Å². The van der Waals surface area contributed by atoms with Crippen molar-refractivity contribution in [3.05, 3.63) is 47.7 Å². The van der Waals surface area contributed by atoms with E-state index >= 15 is 0 Å². The van der Waals surface area contributed by atoms with Crippen molar-refractivity contribution in [2.75, 3.05) is 0 Å². The molecule has 0 fully saturated rings. The van der Waals surface area contributed by atoms with Crippen LogP contribution in [0, 0.1) is 12.7 Å². The molecule has 0 saturated heterocycles. The molecule has 2 N–H and O–H groups in total. The molecule has 0 bridgehead atoms. The van der Waals surface area contributed by atoms with Gasteiger partial charge in [-0.1, -0.05) is 18.3 Å². The number of hydrogen-bond donors (Lipinski definition) is 1. The third-order valence-electron chi connectivity index (χ3n) is 2.25. The molecule has 18 heavy (non-hydrogen) atoms. The van der Waals surface area contributed by atoms with Crippen LogP contribution in [0.2, 0.25) is 0 Å². The molecule has 1 heterocycles. The first kappa shape index (κ1) is 12.4. The monoisotopic (exact) mass is 263 g/mol. The van der Waals surface area contributed by atoms with Crippen LogP contribution in [0.5, 0.6) is 11.6 Å². The lowest BCUT2D eigenvalue weighted by molar-refractivity contribution is 0.452. The first-order valence-corrected chi connectivity index (χ1v) is 5.53. The number of ether oxygens (including phenoxy) is 1. The van der Waals surface area contributed by atoms with Gasteiger partial charge < -0.3 is 10.5 Å². The van der Waals surface area contributed by atoms with Crippen molar-refractivity contribution in [3.8, 4) is 11.6 Å². The molecule has 0 unspecified atom stereocenters. The Morgan fingerprint density at radius 2 is 2.11 bits per heavy atom. The predicted octanol–water partition coefficient (Wildman–Crippen LogP) is 2.35. The van der Waals surface area contributed by atoms with E-state index in [4.69, 9.17) is 22.7 Å². The molecular weight excluding hydrogens is 253 g/mol. The van der Waals surface area contributed by atoms with Gasteiger partial charge in [-0.3, -0.25) is 0 Å². The SMILES string of the molecule is Cc1ccc(F)cc1Oc1cnc(C(N)=S)cn1. The fraction of sp³-hybridized carbons (Fsp3) is 0.0833. The molecule has 1 aromatic carbocycles. The zero-order valence-electron chi connectivity index (χ0n) is 9.55. The highest BCUT2D eigenvalue weighted by atomic mass is 32.1. The predicted molar refractivity (Wildman–Crippen MR) is 69.1 cm³/mol. The van der Waals surface area contributed by atoms with Crippen molar-refractivity contribution in [1.82, 2.24) is 9.97 Å². The number of rotatable bonds is 3. The summed E-state index contributed by atoms with van der Waals surface area (Å²) in [6, 6.07) is 4.28. The van der Waals surface area contributed by atoms with Gasteiger partial charge in [0, 0.05) is 6.07 Å². The van der Waals surface area contributed by atoms with Gasteiger partial charge in [-0.2, -0.15) is 0 Å². The van der Waals surface area contributed by atoms with Gasteiger partial charge in [0.1, 0.15) is 22.2 Å². The van der Waals surface area contributed by atoms with Crippen LogP contribution in [0.15, 0.2) is 30.6 Å². The molecule has 0 aliphatic carbocycles. The second kappa shape index (κ2) is 5.05. The van der Waals surface area contributed by atoms with Gasteiger partial charge in [0.2, 0.25) is 5.88 Å². The van der Waals surface area contributed by atoms with E-state index in [1.54, 1.807) is 6.07 Å². The Morgan fingerprint density at radius 1 is 1.33 bits per heavy atom. The van der Waals surface area contributed by atoms with Crippen LogP contribution < -0.4 is 10.5 Å². The Hall–Kier alpha value is -2.08. The number of nitrogens with two attached hydrogens (primary N) is 1. The number of halogens is 1. The molecule has 6 heteroatoms. The minimum absolute atomic E-state index is 0.163. The van der Waals surface area contributed by atoms with E-state index in [0.717, 1.165) is 5.56 Å². The topological polar surface area (TPSA) is 61.0 Å². The van der Waals surface area contributed by atoms with Crippen LogP contribution in [0.4, 0.5) is 4.39 Å². The smallest absolute Gasteiger partial charge is 0.237 e. The number of aromatic nitrogens is 2. The lowest BCUT2D eigenvalue weighted by atomic mass is 10.2. The summed E-state index contributed by atoms with van der Waals surface area (Å²) in [6.45, 7) is 1.81. The molecular formula is C12H10FN3OS. The van der Waals surface area contributed by atoms with E-state index < -0.39 is 0 Å². The van der Waals surface area contributed by atoms with Crippen molar-refractivity contribution in [3.63, 3.8) is 0 Å². The Balaban J connectivity index is 2.23. The molecule has 0 saturated carbocycles. The Morgan fingerprint density at radius 3 is 2.72 bits per heavy atom. The molecule has 0 aliphatic heterocycles. The average molecular weight is 263 g/mol. The zero-order valence-corrected chi connectivity index (χ0v) is 10.4. The van der Waals surface area contributed by atoms with Crippen LogP contribution in [-0.4, -0.2) is 15.0 Å². The van der Waals surface area contributed by atoms with Gasteiger partial charge in [0.15, 0.2) is 0 Å². The van der Waals surface area contributed by atoms with Crippen molar-refractivity contribution in [2.45, 2.75) is 6.92 Å². The molecule has 0 amide bonds. The summed E-state index contributed by atoms with van der Waals surface area (Å²) in [7, 11) is 0. The second-order valence-corrected chi connectivity index (χ2v) is 4.06. The summed E-state index contributed by atoms with van der Waals surface area (Å²) in [6.07, 6.45) is 2.80. The first-order valence-electron chi connectivity index (χ1n) is 5.12. The van der Waals surface area contributed by atoms with Crippen molar-refractivity contribution in [2.24, 2.45) is 5.73 Å². The highest BCUT2D eigenvalue weighted by molar-refractivity contribution is 7.80. The maximum atomic E-state index is 13.1. The Bertz CT molecular complexity index is 586. The minimum atomic E-state index is -0.372. The Labute approximate surface area is 109 Å². The average Bonchev–Trinajstić information content (AvgIpc) is 2.34. The zero-order chi connectivity index (χ0) is 13.1. The van der Waals surface area contributed by atoms with E-state index in [9.17, 15) is 4.39 Å². The molecule has 92 valence electrons. The van der Waals surface area contributed by atoms with Crippen LogP contribution in [-0.2, 0) is 0 Å². The molecule has 2 aromatic rings. The summed E-state index contributed by atoms with van der Waals surface area (Å²) in [5, 5.41) is 0. The van der Waals surface area contributed by atoms with Crippen LogP contribution in [0.3, 0.4) is 0 Å². The van der Waals surface area contributed by atoms with E-state index in [1.807, 2.05) is 6.92 Å². The second-order valence-electron chi connectivity index (χ2n) is 3.62. The Kier molecular flexibility index (Phi) is 3.47. The fourth-order valence-corrected chi connectivity index (χ4v) is 1.40. The molecule has 2 rings (SSSR count). The number of aryl methyl sites for hydroxylation is 1. The highest BCUT2D eigenvalue weighted by Gasteiger charge is 2.05. The van der Waals surface area contributed by atoms with Gasteiger partial charge in [-0.15, -0.1) is 0 Å². The lowest BCUT2D eigenvalue weighted by Crippen LogP contribution is -2.11. The van der Waals surface area contributed by atoms with Crippen molar-refractivity contribution >= 4 is 17.2 Å². The summed E-state index contributed by atoms with van der Waals surface area (Å²) in [4.78, 5) is 8.13. The van der Waals surface area contributed by atoms with Gasteiger partial charge in [0.25, 0.3) is 0 Å². The van der Waals surface area contributed by atoms with E-state index in [-0.39, 0.29) is 16.7 Å². The standard InChI is InChI=1S/C12H10FN3OS/c1-7-2-3-8(13)4-10(7)17-11-6-15-9(5-16-11)12(14)18/h2-6H,1H3,(H2,14,18). The van der Waals surface area contributed by atoms with Crippen molar-refractivity contribution in [1.29, 1.82) is 0 Å². The largest absolute Gasteiger partial charge is 0.437 e. The number of benzene rings is 1. The summed E-state index contributed by atoms with van der Waals surface area (Å²) in [5.74, 6) is 0.277. The van der Waals surface area contributed by atoms with Gasteiger partial charge >= 0.3 is 0 Å². The number of hydrogen-bond acceptors (Lipinski definition) is 4. The lowest BCUT2D eigenvalue weighted by Gasteiger charge is -2.07. The summed E-state index contributed by atoms with van der Waals surface area (Å²) in [5.41, 5.74) is 6.61. The van der Waals surface area contributed by atoms with E-state index in [2.05, 4.69) is 9.97 Å². The first-order chi connectivity index (χ1) is 8.56. The third kappa shape index (κ3) is 2.78. The highest BCUT2D eigenvalue weighted by Crippen LogP contribution is 2.23. The molecule has 0 radical (unpaired) electrons. The number of nitrogens with zero attached hydrogens (tertiary/aromatic N) is 2. The summed E-state index contributed by atoms with van der Waals surface area (Å²) >= 11 is 4.76. The van der Waals surface area contributed by atoms with Crippen LogP contribution >= 0.6 is 12.2 Å². The third-order valence-corrected chi connectivity index (χ3v) is 2.45. The van der Waals surface area contributed by atoms with Crippen LogP contribution in [0.1, 0.15) is 11.3 Å². The maximum absolute atomic E-state index is 13.1. The quantitative estimate of drug-likeness (QED) is 0.861. The fourth-order valence-electron chi connectivity index (χ4n) is 1.29. The summed E-state index contributed by atoms with van der Waals surface area (Å²) < 4.78 is 18.5. The minimum Gasteiger partial charge on any atom is -0.437 e. The molecule has 4 nitrogen and oxygen atoms in total. The van der Waals surface area contributed by atoms with Gasteiger partial charge in [-0.05, 0) is 18.6 Å². The molecule has 0 aliphatic rings. The normalized spacial score (nSPS) is 10.1. The van der Waals surface area contributed by atoms with E-state index in [0.29, 0.717) is 11.4 Å². The van der Waals surface area contributed by atoms with Crippen molar-refractivity contribution < 1.29 is 9.13 Å². The molecule has 0 spiro atoms. The maximum Gasteiger partial charge on any atom is 0.237 e. The molecule has 1 aromatic heterocycles.